The van der Waals surface area contributed by atoms with E-state index in [1.807, 2.05) is 29.0 Å². The van der Waals surface area contributed by atoms with Gasteiger partial charge in [-0.3, -0.25) is 4.79 Å². The summed E-state index contributed by atoms with van der Waals surface area (Å²) in [6.07, 6.45) is 0. The molecule has 1 aliphatic heterocycles. The highest BCUT2D eigenvalue weighted by Gasteiger charge is 2.17. The first-order valence-electron chi connectivity index (χ1n) is 6.43. The Morgan fingerprint density at radius 3 is 2.78 bits per heavy atom. The van der Waals surface area contributed by atoms with Crippen molar-refractivity contribution in [1.29, 1.82) is 0 Å². The Hall–Kier alpha value is -1.55. The highest BCUT2D eigenvalue weighted by atomic mass is 16.2. The lowest BCUT2D eigenvalue weighted by Crippen LogP contribution is -2.49. The lowest BCUT2D eigenvalue weighted by atomic mass is 10.2. The molecule has 1 heterocycles. The first-order chi connectivity index (χ1) is 8.66. The number of carbonyl (C=O) groups is 1. The van der Waals surface area contributed by atoms with E-state index in [-0.39, 0.29) is 5.91 Å². The molecule has 0 radical (unpaired) electrons. The van der Waals surface area contributed by atoms with Crippen molar-refractivity contribution >= 4 is 11.6 Å². The van der Waals surface area contributed by atoms with Crippen LogP contribution >= 0.6 is 0 Å². The summed E-state index contributed by atoms with van der Waals surface area (Å²) in [5.74, 6) is 0.209. The Balaban J connectivity index is 1.94. The lowest BCUT2D eigenvalue weighted by Gasteiger charge is -2.29. The molecule has 0 saturated carbocycles. The zero-order valence-corrected chi connectivity index (χ0v) is 11.1. The predicted octanol–water partition coefficient (Wildman–Crippen LogP) is 0.863. The number of rotatable bonds is 3. The van der Waals surface area contributed by atoms with Crippen LogP contribution in [0.15, 0.2) is 24.3 Å². The molecule has 1 N–H and O–H groups in total. The standard InChI is InChI=1S/C14H21N3O/c1-12-4-3-5-13(10-12)16(2)11-14(18)17-8-6-15-7-9-17/h3-5,10,15H,6-9,11H2,1-2H3. The van der Waals surface area contributed by atoms with Gasteiger partial charge in [0.25, 0.3) is 0 Å². The molecule has 1 saturated heterocycles. The minimum Gasteiger partial charge on any atom is -0.365 e. The maximum atomic E-state index is 12.1. The van der Waals surface area contributed by atoms with E-state index in [0.717, 1.165) is 31.9 Å². The SMILES string of the molecule is Cc1cccc(N(C)CC(=O)N2CCNCC2)c1. The Morgan fingerprint density at radius 1 is 1.39 bits per heavy atom. The Bertz CT molecular complexity index is 413. The summed E-state index contributed by atoms with van der Waals surface area (Å²) in [6.45, 7) is 5.96. The lowest BCUT2D eigenvalue weighted by molar-refractivity contribution is -0.130. The number of nitrogens with one attached hydrogen (secondary N) is 1. The summed E-state index contributed by atoms with van der Waals surface area (Å²) < 4.78 is 0. The molecule has 0 aliphatic carbocycles. The summed E-state index contributed by atoms with van der Waals surface area (Å²) in [6, 6.07) is 8.23. The van der Waals surface area contributed by atoms with Gasteiger partial charge in [0, 0.05) is 38.9 Å². The van der Waals surface area contributed by atoms with Gasteiger partial charge in [-0.1, -0.05) is 12.1 Å². The number of hydrogen-bond acceptors (Lipinski definition) is 3. The van der Waals surface area contributed by atoms with Crippen molar-refractivity contribution in [2.45, 2.75) is 6.92 Å². The first kappa shape index (κ1) is 12.9. The number of benzene rings is 1. The van der Waals surface area contributed by atoms with Crippen LogP contribution in [0.25, 0.3) is 0 Å². The fraction of sp³-hybridized carbons (Fsp3) is 0.500. The van der Waals surface area contributed by atoms with E-state index in [1.54, 1.807) is 0 Å². The normalized spacial score (nSPS) is 15.6. The molecule has 4 heteroatoms. The van der Waals surface area contributed by atoms with Crippen molar-refractivity contribution in [1.82, 2.24) is 10.2 Å². The summed E-state index contributed by atoms with van der Waals surface area (Å²) in [4.78, 5) is 16.1. The van der Waals surface area contributed by atoms with Crippen molar-refractivity contribution in [3.8, 4) is 0 Å². The molecule has 0 aromatic heterocycles. The largest absolute Gasteiger partial charge is 0.365 e. The van der Waals surface area contributed by atoms with Crippen LogP contribution in [0.2, 0.25) is 0 Å². The van der Waals surface area contributed by atoms with Gasteiger partial charge in [0.05, 0.1) is 6.54 Å². The number of piperazine rings is 1. The van der Waals surface area contributed by atoms with Gasteiger partial charge in [0.2, 0.25) is 5.91 Å². The number of nitrogens with zero attached hydrogens (tertiary/aromatic N) is 2. The summed E-state index contributed by atoms with van der Waals surface area (Å²) >= 11 is 0. The molecule has 0 unspecified atom stereocenters. The van der Waals surface area contributed by atoms with E-state index in [1.165, 1.54) is 5.56 Å². The molecular formula is C14H21N3O. The van der Waals surface area contributed by atoms with Crippen LogP contribution in [-0.4, -0.2) is 50.6 Å². The van der Waals surface area contributed by atoms with Crippen LogP contribution in [0.4, 0.5) is 5.69 Å². The van der Waals surface area contributed by atoms with Crippen LogP contribution < -0.4 is 10.2 Å². The molecular weight excluding hydrogens is 226 g/mol. The van der Waals surface area contributed by atoms with E-state index in [9.17, 15) is 4.79 Å². The average molecular weight is 247 g/mol. The Kier molecular flexibility index (Phi) is 4.20. The van der Waals surface area contributed by atoms with Gasteiger partial charge in [0.15, 0.2) is 0 Å². The molecule has 98 valence electrons. The number of amides is 1. The molecule has 0 bridgehead atoms. The zero-order chi connectivity index (χ0) is 13.0. The van der Waals surface area contributed by atoms with Crippen molar-refractivity contribution in [2.24, 2.45) is 0 Å². The van der Waals surface area contributed by atoms with E-state index in [2.05, 4.69) is 24.4 Å². The van der Waals surface area contributed by atoms with Gasteiger partial charge >= 0.3 is 0 Å². The fourth-order valence-electron chi connectivity index (χ4n) is 2.17. The summed E-state index contributed by atoms with van der Waals surface area (Å²) in [5.41, 5.74) is 2.31. The molecule has 1 aliphatic rings. The smallest absolute Gasteiger partial charge is 0.242 e. The van der Waals surface area contributed by atoms with Crippen molar-refractivity contribution in [2.75, 3.05) is 44.7 Å². The van der Waals surface area contributed by atoms with Gasteiger partial charge in [-0.15, -0.1) is 0 Å². The van der Waals surface area contributed by atoms with E-state index in [0.29, 0.717) is 6.54 Å². The predicted molar refractivity (Wildman–Crippen MR) is 73.9 cm³/mol. The summed E-state index contributed by atoms with van der Waals surface area (Å²) in [7, 11) is 1.97. The third-order valence-corrected chi connectivity index (χ3v) is 3.28. The van der Waals surface area contributed by atoms with E-state index >= 15 is 0 Å². The highest BCUT2D eigenvalue weighted by Crippen LogP contribution is 2.14. The summed E-state index contributed by atoms with van der Waals surface area (Å²) in [5, 5.41) is 3.25. The molecule has 0 atom stereocenters. The molecule has 0 spiro atoms. The van der Waals surface area contributed by atoms with Gasteiger partial charge in [-0.25, -0.2) is 0 Å². The minimum absolute atomic E-state index is 0.209. The quantitative estimate of drug-likeness (QED) is 0.860. The van der Waals surface area contributed by atoms with Crippen molar-refractivity contribution in [3.63, 3.8) is 0 Å². The fourth-order valence-corrected chi connectivity index (χ4v) is 2.17. The second-order valence-electron chi connectivity index (χ2n) is 4.83. The maximum Gasteiger partial charge on any atom is 0.242 e. The number of anilines is 1. The van der Waals surface area contributed by atoms with Crippen LogP contribution in [0.1, 0.15) is 5.56 Å². The second-order valence-corrected chi connectivity index (χ2v) is 4.83. The zero-order valence-electron chi connectivity index (χ0n) is 11.1. The van der Waals surface area contributed by atoms with Crippen LogP contribution in [0, 0.1) is 6.92 Å². The number of likely N-dealkylation sites (N-methyl/N-ethyl adjacent to an activating group) is 1. The highest BCUT2D eigenvalue weighted by molar-refractivity contribution is 5.81. The van der Waals surface area contributed by atoms with Gasteiger partial charge in [-0.2, -0.15) is 0 Å². The van der Waals surface area contributed by atoms with Gasteiger partial charge < -0.3 is 15.1 Å². The Morgan fingerprint density at radius 2 is 2.11 bits per heavy atom. The van der Waals surface area contributed by atoms with Crippen LogP contribution in [0.5, 0.6) is 0 Å². The number of carbonyl (C=O) groups excluding carboxylic acids is 1. The average Bonchev–Trinajstić information content (AvgIpc) is 2.39. The van der Waals surface area contributed by atoms with Crippen molar-refractivity contribution in [3.05, 3.63) is 29.8 Å². The van der Waals surface area contributed by atoms with Gasteiger partial charge in [0.1, 0.15) is 0 Å². The van der Waals surface area contributed by atoms with E-state index < -0.39 is 0 Å². The maximum absolute atomic E-state index is 12.1. The monoisotopic (exact) mass is 247 g/mol. The molecule has 1 amide bonds. The van der Waals surface area contributed by atoms with Crippen LogP contribution in [-0.2, 0) is 4.79 Å². The van der Waals surface area contributed by atoms with E-state index in [4.69, 9.17) is 0 Å². The topological polar surface area (TPSA) is 35.6 Å². The third-order valence-electron chi connectivity index (χ3n) is 3.28. The number of aryl methyl sites for hydroxylation is 1. The molecule has 1 aromatic carbocycles. The number of hydrogen-bond donors (Lipinski definition) is 1. The minimum atomic E-state index is 0.209. The van der Waals surface area contributed by atoms with Crippen molar-refractivity contribution < 1.29 is 4.79 Å². The van der Waals surface area contributed by atoms with Crippen LogP contribution in [0.3, 0.4) is 0 Å². The third kappa shape index (κ3) is 3.23. The first-order valence-corrected chi connectivity index (χ1v) is 6.43. The molecule has 4 nitrogen and oxygen atoms in total. The molecule has 2 rings (SSSR count). The Labute approximate surface area is 109 Å². The molecule has 18 heavy (non-hydrogen) atoms. The second kappa shape index (κ2) is 5.87. The van der Waals surface area contributed by atoms with Gasteiger partial charge in [-0.05, 0) is 24.6 Å². The molecule has 1 aromatic rings. The molecule has 1 fully saturated rings.